The lowest BCUT2D eigenvalue weighted by Gasteiger charge is -2.12. The summed E-state index contributed by atoms with van der Waals surface area (Å²) in [6.45, 7) is 0.172. The van der Waals surface area contributed by atoms with Gasteiger partial charge in [0.15, 0.2) is 0 Å². The van der Waals surface area contributed by atoms with Gasteiger partial charge in [0.25, 0.3) is 5.56 Å². The van der Waals surface area contributed by atoms with Gasteiger partial charge in [0.1, 0.15) is 11.9 Å². The van der Waals surface area contributed by atoms with Crippen LogP contribution in [0.4, 0.5) is 4.39 Å². The standard InChI is InChI=1S/C24H17FN6O/c1-31-23(16-8-7-15-14(19(16)10-26)3-2-4-21(15)25)20(12-28-31)13-5-6-17-18(9-13)22(11-27)29-30-24(17)32/h2-9,12H,11,27H2,1H3,(H,30,32). The van der Waals surface area contributed by atoms with Crippen LogP contribution in [0.2, 0.25) is 0 Å². The van der Waals surface area contributed by atoms with E-state index in [9.17, 15) is 14.4 Å². The van der Waals surface area contributed by atoms with E-state index in [0.29, 0.717) is 44.1 Å². The van der Waals surface area contributed by atoms with Crippen molar-refractivity contribution in [2.24, 2.45) is 12.8 Å². The molecule has 5 aromatic rings. The molecule has 2 heterocycles. The normalized spacial score (nSPS) is 11.2. The van der Waals surface area contributed by atoms with E-state index >= 15 is 0 Å². The topological polar surface area (TPSA) is 113 Å². The fourth-order valence-electron chi connectivity index (χ4n) is 4.15. The summed E-state index contributed by atoms with van der Waals surface area (Å²) in [6.07, 6.45) is 1.70. The van der Waals surface area contributed by atoms with Gasteiger partial charge in [-0.2, -0.15) is 15.5 Å². The minimum atomic E-state index is -0.377. The summed E-state index contributed by atoms with van der Waals surface area (Å²) in [5.74, 6) is -0.377. The van der Waals surface area contributed by atoms with E-state index in [-0.39, 0.29) is 17.9 Å². The third kappa shape index (κ3) is 2.87. The number of nitrogens with zero attached hydrogens (tertiary/aromatic N) is 4. The van der Waals surface area contributed by atoms with Crippen LogP contribution in [0.15, 0.2) is 59.5 Å². The third-order valence-electron chi connectivity index (χ3n) is 5.69. The average Bonchev–Trinajstić information content (AvgIpc) is 3.19. The smallest absolute Gasteiger partial charge is 0.272 e. The molecular formula is C24H17FN6O. The highest BCUT2D eigenvalue weighted by molar-refractivity contribution is 5.97. The van der Waals surface area contributed by atoms with E-state index in [4.69, 9.17) is 5.73 Å². The van der Waals surface area contributed by atoms with Crippen LogP contribution in [0, 0.1) is 17.1 Å². The maximum atomic E-state index is 14.3. The highest BCUT2D eigenvalue weighted by atomic mass is 19.1. The molecule has 32 heavy (non-hydrogen) atoms. The van der Waals surface area contributed by atoms with Gasteiger partial charge in [0.2, 0.25) is 0 Å². The number of aryl methyl sites for hydroxylation is 1. The molecular weight excluding hydrogens is 407 g/mol. The van der Waals surface area contributed by atoms with Crippen molar-refractivity contribution in [3.63, 3.8) is 0 Å². The Bertz CT molecular complexity index is 1630. The SMILES string of the molecule is Cn1ncc(-c2ccc3c(=O)[nH]nc(CN)c3c2)c1-c1ccc2c(F)cccc2c1C#N. The van der Waals surface area contributed by atoms with Crippen LogP contribution in [-0.4, -0.2) is 20.0 Å². The molecule has 0 saturated carbocycles. The second-order valence-corrected chi connectivity index (χ2v) is 7.43. The second-order valence-electron chi connectivity index (χ2n) is 7.43. The Hall–Kier alpha value is -4.35. The summed E-state index contributed by atoms with van der Waals surface area (Å²) in [5, 5.41) is 22.9. The summed E-state index contributed by atoms with van der Waals surface area (Å²) in [5.41, 5.74) is 9.38. The quantitative estimate of drug-likeness (QED) is 0.459. The first-order valence-electron chi connectivity index (χ1n) is 9.89. The number of aromatic nitrogens is 4. The monoisotopic (exact) mass is 424 g/mol. The van der Waals surface area contributed by atoms with Gasteiger partial charge in [-0.3, -0.25) is 9.48 Å². The van der Waals surface area contributed by atoms with E-state index < -0.39 is 0 Å². The fourth-order valence-corrected chi connectivity index (χ4v) is 4.15. The summed E-state index contributed by atoms with van der Waals surface area (Å²) in [4.78, 5) is 12.2. The van der Waals surface area contributed by atoms with Crippen LogP contribution >= 0.6 is 0 Å². The summed E-state index contributed by atoms with van der Waals surface area (Å²) in [7, 11) is 1.79. The predicted octanol–water partition coefficient (Wildman–Crippen LogP) is 3.61. The van der Waals surface area contributed by atoms with Gasteiger partial charge in [-0.25, -0.2) is 9.49 Å². The van der Waals surface area contributed by atoms with Gasteiger partial charge in [0.05, 0.1) is 28.5 Å². The van der Waals surface area contributed by atoms with Crippen LogP contribution in [0.25, 0.3) is 43.9 Å². The van der Waals surface area contributed by atoms with Crippen molar-refractivity contribution in [2.45, 2.75) is 6.54 Å². The number of rotatable bonds is 3. The Morgan fingerprint density at radius 2 is 1.91 bits per heavy atom. The van der Waals surface area contributed by atoms with Crippen molar-refractivity contribution in [3.05, 3.63) is 82.2 Å². The molecule has 3 N–H and O–H groups in total. The Balaban J connectivity index is 1.79. The highest BCUT2D eigenvalue weighted by Crippen LogP contribution is 2.37. The molecule has 156 valence electrons. The third-order valence-corrected chi connectivity index (χ3v) is 5.69. The molecule has 0 bridgehead atoms. The molecule has 0 spiro atoms. The molecule has 3 aromatic carbocycles. The van der Waals surface area contributed by atoms with Crippen LogP contribution < -0.4 is 11.3 Å². The first-order valence-corrected chi connectivity index (χ1v) is 9.89. The first kappa shape index (κ1) is 19.6. The number of aromatic amines is 1. The van der Waals surface area contributed by atoms with Gasteiger partial charge in [-0.1, -0.05) is 30.3 Å². The molecule has 7 nitrogen and oxygen atoms in total. The minimum absolute atomic E-state index is 0.172. The zero-order valence-corrected chi connectivity index (χ0v) is 17.1. The van der Waals surface area contributed by atoms with Crippen LogP contribution in [0.1, 0.15) is 11.3 Å². The summed E-state index contributed by atoms with van der Waals surface area (Å²) >= 11 is 0. The molecule has 0 aliphatic heterocycles. The maximum Gasteiger partial charge on any atom is 0.272 e. The molecule has 0 unspecified atom stereocenters. The lowest BCUT2D eigenvalue weighted by molar-refractivity contribution is 0.640. The number of nitriles is 1. The van der Waals surface area contributed by atoms with Crippen molar-refractivity contribution in [1.82, 2.24) is 20.0 Å². The van der Waals surface area contributed by atoms with Crippen LogP contribution in [0.3, 0.4) is 0 Å². The largest absolute Gasteiger partial charge is 0.325 e. The second kappa shape index (κ2) is 7.41. The first-order chi connectivity index (χ1) is 15.5. The molecule has 0 aliphatic carbocycles. The van der Waals surface area contributed by atoms with Crippen molar-refractivity contribution in [1.29, 1.82) is 5.26 Å². The Labute approximate surface area is 181 Å². The molecule has 2 aromatic heterocycles. The molecule has 0 atom stereocenters. The van der Waals surface area contributed by atoms with Crippen molar-refractivity contribution in [2.75, 3.05) is 0 Å². The van der Waals surface area contributed by atoms with Gasteiger partial charge < -0.3 is 5.73 Å². The zero-order valence-electron chi connectivity index (χ0n) is 17.1. The molecule has 0 fully saturated rings. The average molecular weight is 424 g/mol. The number of nitrogens with one attached hydrogen (secondary N) is 1. The van der Waals surface area contributed by atoms with Gasteiger partial charge in [0, 0.05) is 40.9 Å². The van der Waals surface area contributed by atoms with E-state index in [1.54, 1.807) is 48.3 Å². The molecule has 0 saturated heterocycles. The highest BCUT2D eigenvalue weighted by Gasteiger charge is 2.19. The lowest BCUT2D eigenvalue weighted by atomic mass is 9.93. The maximum absolute atomic E-state index is 14.3. The van der Waals surface area contributed by atoms with Crippen LogP contribution in [-0.2, 0) is 13.6 Å². The van der Waals surface area contributed by atoms with Gasteiger partial charge in [-0.15, -0.1) is 0 Å². The number of hydrogen-bond acceptors (Lipinski definition) is 5. The van der Waals surface area contributed by atoms with Crippen molar-refractivity contribution < 1.29 is 4.39 Å². The number of hydrogen-bond donors (Lipinski definition) is 2. The van der Waals surface area contributed by atoms with Crippen molar-refractivity contribution in [3.8, 4) is 28.5 Å². The Kier molecular flexibility index (Phi) is 4.54. The van der Waals surface area contributed by atoms with E-state index in [2.05, 4.69) is 21.4 Å². The lowest BCUT2D eigenvalue weighted by Crippen LogP contribution is -2.13. The summed E-state index contributed by atoms with van der Waals surface area (Å²) in [6, 6.07) is 15.8. The molecule has 8 heteroatoms. The van der Waals surface area contributed by atoms with E-state index in [0.717, 1.165) is 11.1 Å². The molecule has 5 rings (SSSR count). The van der Waals surface area contributed by atoms with Crippen LogP contribution in [0.5, 0.6) is 0 Å². The van der Waals surface area contributed by atoms with E-state index in [1.807, 2.05) is 12.1 Å². The minimum Gasteiger partial charge on any atom is -0.325 e. The Morgan fingerprint density at radius 1 is 1.09 bits per heavy atom. The number of nitrogens with two attached hydrogens (primary N) is 1. The molecule has 0 aliphatic rings. The zero-order chi connectivity index (χ0) is 22.4. The Morgan fingerprint density at radius 3 is 2.69 bits per heavy atom. The summed E-state index contributed by atoms with van der Waals surface area (Å²) < 4.78 is 16.0. The van der Waals surface area contributed by atoms with Gasteiger partial charge >= 0.3 is 0 Å². The predicted molar refractivity (Wildman–Crippen MR) is 120 cm³/mol. The van der Waals surface area contributed by atoms with Gasteiger partial charge in [-0.05, 0) is 23.8 Å². The number of fused-ring (bicyclic) bond motifs is 2. The van der Waals surface area contributed by atoms with Crippen molar-refractivity contribution >= 4 is 21.5 Å². The number of benzene rings is 3. The fraction of sp³-hybridized carbons (Fsp3) is 0.0833. The number of H-pyrrole nitrogens is 1. The number of halogens is 1. The van der Waals surface area contributed by atoms with E-state index in [1.165, 1.54) is 6.07 Å². The molecule has 0 radical (unpaired) electrons. The molecule has 0 amide bonds.